The van der Waals surface area contributed by atoms with E-state index < -0.39 is 0 Å². The molecule has 2 aliphatic heterocycles. The first-order valence-electron chi connectivity index (χ1n) is 6.12. The summed E-state index contributed by atoms with van der Waals surface area (Å²) < 4.78 is 0. The Kier molecular flexibility index (Phi) is 1.74. The van der Waals surface area contributed by atoms with Gasteiger partial charge in [-0.15, -0.1) is 0 Å². The quantitative estimate of drug-likeness (QED) is 0.598. The molecule has 0 N–H and O–H groups in total. The molecule has 3 fully saturated rings. The van der Waals surface area contributed by atoms with Crippen LogP contribution in [0.3, 0.4) is 0 Å². The molecule has 1 nitrogen and oxygen atoms in total. The third-order valence-corrected chi connectivity index (χ3v) is 4.97. The lowest BCUT2D eigenvalue weighted by Gasteiger charge is -2.34. The second-order valence-corrected chi connectivity index (χ2v) is 5.34. The fraction of sp³-hybridized carbons (Fsp3) is 1.00. The highest BCUT2D eigenvalue weighted by Crippen LogP contribution is 2.52. The zero-order chi connectivity index (χ0) is 8.89. The third kappa shape index (κ3) is 0.971. The lowest BCUT2D eigenvalue weighted by molar-refractivity contribution is 0.143. The van der Waals surface area contributed by atoms with Crippen LogP contribution in [0.1, 0.15) is 51.9 Å². The standard InChI is InChI=1S/C12H21N/c1-2-12-7-4-8-13(12)11-6-3-5-10(11)9-12/h10-11H,2-9H2,1H3/t10-,11-,12+/m0/s1. The monoisotopic (exact) mass is 179 g/mol. The molecule has 3 aliphatic rings. The van der Waals surface area contributed by atoms with Crippen molar-refractivity contribution in [2.75, 3.05) is 6.54 Å². The van der Waals surface area contributed by atoms with Gasteiger partial charge in [0.2, 0.25) is 0 Å². The molecule has 1 heteroatoms. The zero-order valence-electron chi connectivity index (χ0n) is 8.76. The van der Waals surface area contributed by atoms with Crippen molar-refractivity contribution < 1.29 is 0 Å². The normalized spacial score (nSPS) is 49.6. The van der Waals surface area contributed by atoms with Gasteiger partial charge in [0.25, 0.3) is 0 Å². The van der Waals surface area contributed by atoms with Crippen LogP contribution in [0.15, 0.2) is 0 Å². The van der Waals surface area contributed by atoms with E-state index in [0.717, 1.165) is 12.0 Å². The molecule has 0 aromatic heterocycles. The summed E-state index contributed by atoms with van der Waals surface area (Å²) >= 11 is 0. The molecule has 2 saturated heterocycles. The van der Waals surface area contributed by atoms with Gasteiger partial charge in [0.15, 0.2) is 0 Å². The van der Waals surface area contributed by atoms with E-state index in [-0.39, 0.29) is 0 Å². The summed E-state index contributed by atoms with van der Waals surface area (Å²) in [5.74, 6) is 1.08. The minimum absolute atomic E-state index is 0.676. The van der Waals surface area contributed by atoms with Crippen molar-refractivity contribution in [2.24, 2.45) is 5.92 Å². The molecule has 0 spiro atoms. The Bertz CT molecular complexity index is 213. The van der Waals surface area contributed by atoms with Crippen LogP contribution in [-0.2, 0) is 0 Å². The molecule has 1 saturated carbocycles. The van der Waals surface area contributed by atoms with Crippen LogP contribution < -0.4 is 0 Å². The lowest BCUT2D eigenvalue weighted by Crippen LogP contribution is -2.41. The van der Waals surface area contributed by atoms with E-state index >= 15 is 0 Å². The molecular weight excluding hydrogens is 158 g/mol. The molecule has 2 heterocycles. The van der Waals surface area contributed by atoms with Gasteiger partial charge in [-0.2, -0.15) is 0 Å². The van der Waals surface area contributed by atoms with Crippen molar-refractivity contribution in [1.29, 1.82) is 0 Å². The highest BCUT2D eigenvalue weighted by atomic mass is 15.3. The van der Waals surface area contributed by atoms with Crippen LogP contribution in [0.5, 0.6) is 0 Å². The largest absolute Gasteiger partial charge is 0.294 e. The van der Waals surface area contributed by atoms with Crippen molar-refractivity contribution in [2.45, 2.75) is 63.5 Å². The van der Waals surface area contributed by atoms with E-state index in [1.54, 1.807) is 0 Å². The second kappa shape index (κ2) is 2.73. The fourth-order valence-corrected chi connectivity index (χ4v) is 4.37. The minimum Gasteiger partial charge on any atom is -0.294 e. The van der Waals surface area contributed by atoms with Gasteiger partial charge in [-0.05, 0) is 51.0 Å². The average molecular weight is 179 g/mol. The Labute approximate surface area is 81.5 Å². The van der Waals surface area contributed by atoms with E-state index in [2.05, 4.69) is 11.8 Å². The Morgan fingerprint density at radius 2 is 2.23 bits per heavy atom. The van der Waals surface area contributed by atoms with Crippen LogP contribution >= 0.6 is 0 Å². The topological polar surface area (TPSA) is 3.24 Å². The summed E-state index contributed by atoms with van der Waals surface area (Å²) in [4.78, 5) is 2.89. The van der Waals surface area contributed by atoms with Gasteiger partial charge in [0, 0.05) is 11.6 Å². The predicted molar refractivity (Wildman–Crippen MR) is 54.7 cm³/mol. The fourth-order valence-electron chi connectivity index (χ4n) is 4.37. The third-order valence-electron chi connectivity index (χ3n) is 4.97. The maximum Gasteiger partial charge on any atom is 0.0213 e. The van der Waals surface area contributed by atoms with E-state index in [0.29, 0.717) is 5.54 Å². The first-order chi connectivity index (χ1) is 6.36. The van der Waals surface area contributed by atoms with Crippen LogP contribution in [0.2, 0.25) is 0 Å². The average Bonchev–Trinajstić information content (AvgIpc) is 2.72. The van der Waals surface area contributed by atoms with Crippen molar-refractivity contribution >= 4 is 0 Å². The molecule has 0 bridgehead atoms. The van der Waals surface area contributed by atoms with E-state index in [4.69, 9.17) is 0 Å². The zero-order valence-corrected chi connectivity index (χ0v) is 8.76. The van der Waals surface area contributed by atoms with Crippen molar-refractivity contribution in [3.8, 4) is 0 Å². The molecule has 0 unspecified atom stereocenters. The molecule has 0 radical (unpaired) electrons. The summed E-state index contributed by atoms with van der Waals surface area (Å²) in [7, 11) is 0. The van der Waals surface area contributed by atoms with Gasteiger partial charge >= 0.3 is 0 Å². The summed E-state index contributed by atoms with van der Waals surface area (Å²) in [6.45, 7) is 3.81. The maximum atomic E-state index is 2.89. The summed E-state index contributed by atoms with van der Waals surface area (Å²) in [5.41, 5.74) is 0.676. The van der Waals surface area contributed by atoms with Gasteiger partial charge in [-0.3, -0.25) is 4.90 Å². The Morgan fingerprint density at radius 1 is 1.31 bits per heavy atom. The van der Waals surface area contributed by atoms with Crippen molar-refractivity contribution in [3.05, 3.63) is 0 Å². The van der Waals surface area contributed by atoms with Crippen molar-refractivity contribution in [3.63, 3.8) is 0 Å². The first-order valence-corrected chi connectivity index (χ1v) is 6.12. The van der Waals surface area contributed by atoms with E-state index in [9.17, 15) is 0 Å². The van der Waals surface area contributed by atoms with Crippen molar-refractivity contribution in [1.82, 2.24) is 4.90 Å². The maximum absolute atomic E-state index is 2.89. The van der Waals surface area contributed by atoms with E-state index in [1.807, 2.05) is 0 Å². The summed E-state index contributed by atoms with van der Waals surface area (Å²) in [5, 5.41) is 0. The molecule has 0 aromatic carbocycles. The predicted octanol–water partition coefficient (Wildman–Crippen LogP) is 2.80. The van der Waals surface area contributed by atoms with Gasteiger partial charge in [0.05, 0.1) is 0 Å². The SMILES string of the molecule is CC[C@]12CCCN1[C@H]1CCC[C@H]1C2. The molecule has 13 heavy (non-hydrogen) atoms. The molecule has 3 rings (SSSR count). The molecule has 3 atom stereocenters. The van der Waals surface area contributed by atoms with Gasteiger partial charge in [-0.1, -0.05) is 13.3 Å². The lowest BCUT2D eigenvalue weighted by atomic mass is 9.87. The number of nitrogens with zero attached hydrogens (tertiary/aromatic N) is 1. The second-order valence-electron chi connectivity index (χ2n) is 5.34. The van der Waals surface area contributed by atoms with Crippen LogP contribution in [0, 0.1) is 5.92 Å². The number of fused-ring (bicyclic) bond motifs is 3. The smallest absolute Gasteiger partial charge is 0.0213 e. The molecule has 0 amide bonds. The number of rotatable bonds is 1. The molecule has 1 aliphatic carbocycles. The highest BCUT2D eigenvalue weighted by Gasteiger charge is 2.53. The Balaban J connectivity index is 1.89. The van der Waals surface area contributed by atoms with E-state index in [1.165, 1.54) is 51.5 Å². The van der Waals surface area contributed by atoms with Gasteiger partial charge in [-0.25, -0.2) is 0 Å². The summed E-state index contributed by atoms with van der Waals surface area (Å²) in [6, 6.07) is 1.00. The van der Waals surface area contributed by atoms with Crippen LogP contribution in [-0.4, -0.2) is 23.0 Å². The molecular formula is C12H21N. The van der Waals surface area contributed by atoms with Crippen LogP contribution in [0.25, 0.3) is 0 Å². The van der Waals surface area contributed by atoms with Crippen LogP contribution in [0.4, 0.5) is 0 Å². The highest BCUT2D eigenvalue weighted by molar-refractivity contribution is 5.08. The minimum atomic E-state index is 0.676. The molecule has 0 aromatic rings. The molecule has 74 valence electrons. The number of hydrogen-bond donors (Lipinski definition) is 0. The summed E-state index contributed by atoms with van der Waals surface area (Å²) in [6.07, 6.45) is 10.4. The Hall–Kier alpha value is -0.0400. The van der Waals surface area contributed by atoms with Gasteiger partial charge < -0.3 is 0 Å². The van der Waals surface area contributed by atoms with Gasteiger partial charge in [0.1, 0.15) is 0 Å². The Morgan fingerprint density at radius 3 is 3.08 bits per heavy atom. The number of hydrogen-bond acceptors (Lipinski definition) is 1. The first kappa shape index (κ1) is 8.28.